The van der Waals surface area contributed by atoms with Crippen molar-refractivity contribution in [2.75, 3.05) is 32.7 Å². The molecule has 1 aliphatic carbocycles. The quantitative estimate of drug-likeness (QED) is 0.338. The maximum Gasteiger partial charge on any atom is 0.228 e. The molecule has 0 bridgehead atoms. The molecule has 0 unspecified atom stereocenters. The van der Waals surface area contributed by atoms with E-state index in [-0.39, 0.29) is 10.9 Å². The van der Waals surface area contributed by atoms with E-state index in [9.17, 15) is 12.8 Å². The summed E-state index contributed by atoms with van der Waals surface area (Å²) in [6, 6.07) is 12.9. The van der Waals surface area contributed by atoms with Crippen LogP contribution in [0.5, 0.6) is 5.75 Å². The van der Waals surface area contributed by atoms with Crippen LogP contribution in [0, 0.1) is 11.7 Å². The van der Waals surface area contributed by atoms with E-state index in [0.717, 1.165) is 30.8 Å². The Morgan fingerprint density at radius 2 is 1.86 bits per heavy atom. The minimum absolute atomic E-state index is 0.0377. The van der Waals surface area contributed by atoms with Gasteiger partial charge in [0.2, 0.25) is 15.0 Å². The second-order valence-corrected chi connectivity index (χ2v) is 11.3. The van der Waals surface area contributed by atoms with E-state index >= 15 is 0 Å². The van der Waals surface area contributed by atoms with Crippen molar-refractivity contribution in [2.24, 2.45) is 5.92 Å². The Balaban J connectivity index is 1.57. The average Bonchev–Trinajstić information content (AvgIpc) is 3.61. The summed E-state index contributed by atoms with van der Waals surface area (Å²) >= 11 is 5.75. The number of benzene rings is 2. The van der Waals surface area contributed by atoms with Crippen LogP contribution in [-0.4, -0.2) is 55.4 Å². The second-order valence-electron chi connectivity index (χ2n) is 9.04. The number of anilines is 1. The molecule has 0 aliphatic heterocycles. The summed E-state index contributed by atoms with van der Waals surface area (Å²) in [7, 11) is -0.611. The van der Waals surface area contributed by atoms with Crippen molar-refractivity contribution >= 4 is 32.9 Å². The van der Waals surface area contributed by atoms with Gasteiger partial charge in [-0.25, -0.2) is 17.8 Å². The van der Waals surface area contributed by atoms with Crippen LogP contribution in [0.25, 0.3) is 0 Å². The molecule has 1 N–H and O–H groups in total. The number of hydrogen-bond acceptors (Lipinski definition) is 6. The number of nitrogens with zero attached hydrogens (tertiary/aromatic N) is 3. The van der Waals surface area contributed by atoms with Crippen molar-refractivity contribution in [1.29, 1.82) is 0 Å². The molecule has 37 heavy (non-hydrogen) atoms. The number of ether oxygens (including phenoxy) is 2. The highest BCUT2D eigenvalue weighted by Crippen LogP contribution is 2.31. The summed E-state index contributed by atoms with van der Waals surface area (Å²) in [5.74, 6) is 0.607. The maximum absolute atomic E-state index is 13.3. The Hall–Kier alpha value is -3.02. The number of hydrogen-bond donors (Lipinski definition) is 1. The standard InChI is InChI=1S/C26H31FN4O4S2/c1-34-14-13-31-23(15-28-26(31)37(32,33)18-20-5-7-21(27)8-6-20)17-30(16-19-3-4-19)25(36)29-22-9-11-24(35-2)12-10-22/h5-12,15,19H,3-4,13-14,16-18H2,1-2H3,(H,29,36). The maximum atomic E-state index is 13.3. The third-order valence-electron chi connectivity index (χ3n) is 6.13. The molecule has 0 atom stereocenters. The van der Waals surface area contributed by atoms with Gasteiger partial charge in [0.15, 0.2) is 5.11 Å². The first-order chi connectivity index (χ1) is 17.8. The average molecular weight is 547 g/mol. The monoisotopic (exact) mass is 546 g/mol. The zero-order valence-corrected chi connectivity index (χ0v) is 22.5. The molecule has 8 nitrogen and oxygen atoms in total. The van der Waals surface area contributed by atoms with Crippen LogP contribution in [0.3, 0.4) is 0 Å². The van der Waals surface area contributed by atoms with Gasteiger partial charge in [0.05, 0.1) is 37.9 Å². The molecular formula is C26H31FN4O4S2. The summed E-state index contributed by atoms with van der Waals surface area (Å²) in [4.78, 5) is 6.36. The molecule has 4 rings (SSSR count). The van der Waals surface area contributed by atoms with Crippen molar-refractivity contribution in [3.63, 3.8) is 0 Å². The predicted molar refractivity (Wildman–Crippen MR) is 144 cm³/mol. The lowest BCUT2D eigenvalue weighted by molar-refractivity contribution is 0.182. The van der Waals surface area contributed by atoms with E-state index in [0.29, 0.717) is 42.0 Å². The van der Waals surface area contributed by atoms with E-state index in [1.54, 1.807) is 25.0 Å². The lowest BCUT2D eigenvalue weighted by Gasteiger charge is -2.26. The van der Waals surface area contributed by atoms with Gasteiger partial charge in [-0.2, -0.15) is 0 Å². The van der Waals surface area contributed by atoms with Gasteiger partial charge in [0.25, 0.3) is 0 Å². The lowest BCUT2D eigenvalue weighted by atomic mass is 10.2. The molecule has 1 fully saturated rings. The molecule has 1 aliphatic rings. The van der Waals surface area contributed by atoms with E-state index in [4.69, 9.17) is 21.7 Å². The highest BCUT2D eigenvalue weighted by Gasteiger charge is 2.28. The smallest absolute Gasteiger partial charge is 0.228 e. The first-order valence-electron chi connectivity index (χ1n) is 12.0. The molecule has 0 spiro atoms. The molecule has 198 valence electrons. The van der Waals surface area contributed by atoms with Crippen molar-refractivity contribution < 1.29 is 22.3 Å². The fourth-order valence-electron chi connectivity index (χ4n) is 3.96. The molecule has 1 saturated carbocycles. The number of aromatic nitrogens is 2. The van der Waals surface area contributed by atoms with Gasteiger partial charge in [-0.1, -0.05) is 12.1 Å². The summed E-state index contributed by atoms with van der Waals surface area (Å²) in [6.07, 6.45) is 3.87. The van der Waals surface area contributed by atoms with Gasteiger partial charge < -0.3 is 24.3 Å². The molecule has 0 amide bonds. The van der Waals surface area contributed by atoms with Crippen molar-refractivity contribution in [3.05, 3.63) is 71.8 Å². The van der Waals surface area contributed by atoms with Crippen LogP contribution < -0.4 is 10.1 Å². The van der Waals surface area contributed by atoms with Crippen molar-refractivity contribution in [2.45, 2.75) is 36.8 Å². The highest BCUT2D eigenvalue weighted by molar-refractivity contribution is 7.90. The van der Waals surface area contributed by atoms with Crippen LogP contribution in [0.2, 0.25) is 0 Å². The predicted octanol–water partition coefficient (Wildman–Crippen LogP) is 4.26. The van der Waals surface area contributed by atoms with Gasteiger partial charge >= 0.3 is 0 Å². The molecule has 3 aromatic rings. The number of imidazole rings is 1. The van der Waals surface area contributed by atoms with Gasteiger partial charge in [0, 0.05) is 25.9 Å². The molecule has 1 aromatic heterocycles. The third-order valence-corrected chi connectivity index (χ3v) is 8.08. The zero-order chi connectivity index (χ0) is 26.4. The summed E-state index contributed by atoms with van der Waals surface area (Å²) < 4.78 is 52.1. The Morgan fingerprint density at radius 3 is 2.49 bits per heavy atom. The van der Waals surface area contributed by atoms with Gasteiger partial charge in [0.1, 0.15) is 11.6 Å². The van der Waals surface area contributed by atoms with Crippen LogP contribution >= 0.6 is 12.2 Å². The van der Waals surface area contributed by atoms with Crippen molar-refractivity contribution in [3.8, 4) is 5.75 Å². The first kappa shape index (κ1) is 27.0. The SMILES string of the molecule is COCCn1c(CN(CC2CC2)C(=S)Nc2ccc(OC)cc2)cnc1S(=O)(=O)Cc1ccc(F)cc1. The van der Waals surface area contributed by atoms with Crippen LogP contribution in [0.4, 0.5) is 10.1 Å². The van der Waals surface area contributed by atoms with Gasteiger partial charge in [-0.05, 0) is 72.9 Å². The lowest BCUT2D eigenvalue weighted by Crippen LogP contribution is -2.36. The minimum atomic E-state index is -3.79. The van der Waals surface area contributed by atoms with E-state index in [2.05, 4.69) is 10.3 Å². The number of nitrogens with one attached hydrogen (secondary N) is 1. The van der Waals surface area contributed by atoms with E-state index in [1.165, 1.54) is 24.3 Å². The molecular weight excluding hydrogens is 515 g/mol. The molecule has 11 heteroatoms. The van der Waals surface area contributed by atoms with Gasteiger partial charge in [-0.15, -0.1) is 0 Å². The number of methoxy groups -OCH3 is 2. The summed E-state index contributed by atoms with van der Waals surface area (Å²) in [6.45, 7) is 1.79. The molecule has 0 radical (unpaired) electrons. The Kier molecular flexibility index (Phi) is 8.78. The zero-order valence-electron chi connectivity index (χ0n) is 20.9. The Bertz CT molecular complexity index is 1310. The van der Waals surface area contributed by atoms with E-state index in [1.807, 2.05) is 29.2 Å². The minimum Gasteiger partial charge on any atom is -0.497 e. The Morgan fingerprint density at radius 1 is 1.16 bits per heavy atom. The topological polar surface area (TPSA) is 85.7 Å². The normalized spacial score (nSPS) is 13.4. The van der Waals surface area contributed by atoms with Crippen LogP contribution in [-0.2, 0) is 33.4 Å². The number of rotatable bonds is 12. The fraction of sp³-hybridized carbons (Fsp3) is 0.385. The van der Waals surface area contributed by atoms with Crippen LogP contribution in [0.15, 0.2) is 59.9 Å². The number of sulfone groups is 1. The summed E-state index contributed by atoms with van der Waals surface area (Å²) in [5.41, 5.74) is 2.04. The van der Waals surface area contributed by atoms with E-state index < -0.39 is 15.7 Å². The van der Waals surface area contributed by atoms with Crippen molar-refractivity contribution in [1.82, 2.24) is 14.5 Å². The largest absolute Gasteiger partial charge is 0.497 e. The number of thiocarbonyl (C=S) groups is 1. The molecule has 0 saturated heterocycles. The number of halogens is 1. The fourth-order valence-corrected chi connectivity index (χ4v) is 5.73. The third kappa shape index (κ3) is 7.27. The second kappa shape index (κ2) is 12.0. The highest BCUT2D eigenvalue weighted by atomic mass is 32.2. The summed E-state index contributed by atoms with van der Waals surface area (Å²) in [5, 5.41) is 3.79. The molecule has 1 heterocycles. The van der Waals surface area contributed by atoms with Gasteiger partial charge in [-0.3, -0.25) is 0 Å². The van der Waals surface area contributed by atoms with Crippen LogP contribution in [0.1, 0.15) is 24.1 Å². The first-order valence-corrected chi connectivity index (χ1v) is 14.1. The Labute approximate surface area is 222 Å². The molecule has 2 aromatic carbocycles.